The topological polar surface area (TPSA) is 310 Å². The minimum absolute atomic E-state index is 0.0244. The normalized spacial score (nSPS) is 23.4. The van der Waals surface area contributed by atoms with Gasteiger partial charge in [-0.1, -0.05) is 32.4 Å². The summed E-state index contributed by atoms with van der Waals surface area (Å²) in [6.07, 6.45) is 1.90. The van der Waals surface area contributed by atoms with Crippen molar-refractivity contribution in [3.05, 3.63) is 12.2 Å². The number of fused-ring (bicyclic) bond motifs is 5. The first-order valence-electron chi connectivity index (χ1n) is 30.8. The predicted molar refractivity (Wildman–Crippen MR) is 322 cm³/mol. The first-order chi connectivity index (χ1) is 41.6. The maximum Gasteiger partial charge on any atom is 0.311 e. The monoisotopic (exact) mass is 1280 g/mol. The molecule has 0 spiro atoms. The van der Waals surface area contributed by atoms with Crippen LogP contribution in [0.2, 0.25) is 0 Å². The van der Waals surface area contributed by atoms with E-state index in [1.807, 2.05) is 12.2 Å². The second-order valence-corrected chi connectivity index (χ2v) is 28.2. The maximum absolute atomic E-state index is 14.6. The van der Waals surface area contributed by atoms with Crippen molar-refractivity contribution in [3.8, 4) is 0 Å². The standard InChI is InChI=1S/C66H103NO23/c1-22-57(3,47(70)80-13)32-59(5,48(71)81-14)34-61(7,50(73)83-16)36-63(9,52(75)85-18)38-65(11,54(77)87-20)40-66(12,55(78)88-21)39-64(10,53(76)86-19)37-62(8,51(74)84-17)35-60(6,49(72)82-15)33-58(4,23-2)56(79)89-31-27-25-24-26-30-67-45(68)43-41-28-29-42(90-41)44(43)46(67)69/h28-29,41-44H,22-27,30-40H2,1-21H3. The maximum atomic E-state index is 14.6. The number of esters is 10. The molecule has 2 fully saturated rings. The molecule has 0 aromatic heterocycles. The molecule has 3 heterocycles. The van der Waals surface area contributed by atoms with Crippen LogP contribution in [-0.4, -0.2) is 166 Å². The molecule has 2 amide bonds. The number of likely N-dealkylation sites (tertiary alicyclic amines) is 1. The predicted octanol–water partition coefficient (Wildman–Crippen LogP) is 7.98. The second-order valence-electron chi connectivity index (χ2n) is 28.2. The molecule has 0 aromatic carbocycles. The third kappa shape index (κ3) is 16.6. The van der Waals surface area contributed by atoms with Gasteiger partial charge in [0.05, 0.1) is 149 Å². The van der Waals surface area contributed by atoms with E-state index in [9.17, 15) is 57.5 Å². The van der Waals surface area contributed by atoms with Gasteiger partial charge < -0.3 is 52.1 Å². The summed E-state index contributed by atoms with van der Waals surface area (Å²) in [5.74, 6) is -9.72. The zero-order valence-corrected chi connectivity index (χ0v) is 57.3. The SMILES string of the molecule is CCC(C)(CC(C)(CC(C)(CC(C)(CC(C)(CC(C)(CC(C)(CC(C)(CC(C)(CC(C)(CC)C(=O)OCCCCCCN1C(=O)C2C3C=CC(O3)C2C1=O)C(=O)OC)C(=O)OC)C(=O)OC)C(=O)OC)C(=O)OC)C(=O)OC)C(=O)OC)C(=O)OC)C(=O)OC. The molecule has 14 unspecified atom stereocenters. The number of ether oxygens (including phenoxy) is 11. The highest BCUT2D eigenvalue weighted by Crippen LogP contribution is 2.57. The highest BCUT2D eigenvalue weighted by molar-refractivity contribution is 6.06. The quantitative estimate of drug-likeness (QED) is 0.0187. The third-order valence-electron chi connectivity index (χ3n) is 19.7. The Kier molecular flexibility index (Phi) is 26.2. The summed E-state index contributed by atoms with van der Waals surface area (Å²) in [6, 6.07) is 0. The van der Waals surface area contributed by atoms with Gasteiger partial charge in [0.1, 0.15) is 0 Å². The summed E-state index contributed by atoms with van der Waals surface area (Å²) in [5, 5.41) is 0. The van der Waals surface area contributed by atoms with E-state index in [0.29, 0.717) is 25.7 Å². The van der Waals surface area contributed by atoms with Gasteiger partial charge in [-0.25, -0.2) is 0 Å². The first-order valence-corrected chi connectivity index (χ1v) is 30.8. The average Bonchev–Trinajstić information content (AvgIpc) is 1.50. The highest BCUT2D eigenvalue weighted by atomic mass is 16.6. The van der Waals surface area contributed by atoms with Crippen LogP contribution in [0.1, 0.15) is 179 Å². The average molecular weight is 1280 g/mol. The van der Waals surface area contributed by atoms with Gasteiger partial charge in [-0.3, -0.25) is 62.4 Å². The van der Waals surface area contributed by atoms with Gasteiger partial charge in [0.15, 0.2) is 0 Å². The van der Waals surface area contributed by atoms with Crippen LogP contribution in [0.4, 0.5) is 0 Å². The number of amides is 2. The lowest BCUT2D eigenvalue weighted by Gasteiger charge is -2.47. The molecular formula is C66H103NO23. The molecule has 3 aliphatic heterocycles. The molecule has 14 atom stereocenters. The van der Waals surface area contributed by atoms with Crippen LogP contribution in [0, 0.1) is 66.0 Å². The van der Waals surface area contributed by atoms with Gasteiger partial charge in [-0.05, 0) is 159 Å². The molecule has 2 bridgehead atoms. The Hall–Kier alpha value is -6.46. The van der Waals surface area contributed by atoms with E-state index in [2.05, 4.69) is 0 Å². The Morgan fingerprint density at radius 2 is 0.556 bits per heavy atom. The minimum Gasteiger partial charge on any atom is -0.469 e. The molecule has 0 aliphatic carbocycles. The summed E-state index contributed by atoms with van der Waals surface area (Å²) < 4.78 is 59.8. The van der Waals surface area contributed by atoms with Crippen molar-refractivity contribution in [2.75, 3.05) is 77.1 Å². The number of hydrogen-bond donors (Lipinski definition) is 0. The van der Waals surface area contributed by atoms with Crippen LogP contribution in [0.5, 0.6) is 0 Å². The lowest BCUT2D eigenvalue weighted by Crippen LogP contribution is -2.51. The Labute approximate surface area is 531 Å². The molecule has 24 nitrogen and oxygen atoms in total. The second kappa shape index (κ2) is 30.3. The zero-order chi connectivity index (χ0) is 69.0. The van der Waals surface area contributed by atoms with Crippen molar-refractivity contribution < 1.29 is 110 Å². The number of rotatable bonds is 37. The molecular weight excluding hydrogens is 1170 g/mol. The van der Waals surface area contributed by atoms with E-state index in [-0.39, 0.29) is 69.3 Å². The van der Waals surface area contributed by atoms with Crippen LogP contribution in [0.3, 0.4) is 0 Å². The molecule has 0 aromatic rings. The highest BCUT2D eigenvalue weighted by Gasteiger charge is 2.62. The van der Waals surface area contributed by atoms with E-state index < -0.39 is 164 Å². The zero-order valence-electron chi connectivity index (χ0n) is 57.3. The molecule has 0 saturated carbocycles. The number of carbonyl (C=O) groups is 12. The number of carbonyl (C=O) groups excluding carboxylic acids is 12. The Morgan fingerprint density at radius 1 is 0.344 bits per heavy atom. The van der Waals surface area contributed by atoms with Crippen molar-refractivity contribution in [3.63, 3.8) is 0 Å². The van der Waals surface area contributed by atoms with Gasteiger partial charge >= 0.3 is 59.7 Å². The fraction of sp³-hybridized carbons (Fsp3) is 0.788. The summed E-state index contributed by atoms with van der Waals surface area (Å²) in [7, 11) is 10.2. The summed E-state index contributed by atoms with van der Waals surface area (Å²) in [4.78, 5) is 170. The van der Waals surface area contributed by atoms with Crippen LogP contribution in [0.15, 0.2) is 12.2 Å². The molecule has 510 valence electrons. The van der Waals surface area contributed by atoms with E-state index in [0.717, 1.165) is 56.9 Å². The van der Waals surface area contributed by atoms with Gasteiger partial charge in [0.25, 0.3) is 0 Å². The van der Waals surface area contributed by atoms with Crippen LogP contribution in [0.25, 0.3) is 0 Å². The van der Waals surface area contributed by atoms with E-state index in [4.69, 9.17) is 52.1 Å². The smallest absolute Gasteiger partial charge is 0.311 e. The number of unbranched alkanes of at least 4 members (excludes halogenated alkanes) is 3. The lowest BCUT2D eigenvalue weighted by molar-refractivity contribution is -0.173. The summed E-state index contributed by atoms with van der Waals surface area (Å²) in [5.41, 5.74) is -17.2. The van der Waals surface area contributed by atoms with Crippen molar-refractivity contribution in [2.24, 2.45) is 66.0 Å². The van der Waals surface area contributed by atoms with Crippen molar-refractivity contribution >= 4 is 71.5 Å². The Balaban J connectivity index is 2.05. The van der Waals surface area contributed by atoms with Crippen molar-refractivity contribution in [1.82, 2.24) is 4.90 Å². The lowest BCUT2D eigenvalue weighted by atomic mass is 9.56. The molecule has 90 heavy (non-hydrogen) atoms. The Bertz CT molecular complexity index is 2700. The van der Waals surface area contributed by atoms with Crippen LogP contribution in [-0.2, 0) is 110 Å². The number of hydrogen-bond acceptors (Lipinski definition) is 23. The van der Waals surface area contributed by atoms with Gasteiger partial charge in [0, 0.05) is 6.54 Å². The number of methoxy groups -OCH3 is 9. The fourth-order valence-corrected chi connectivity index (χ4v) is 16.0. The molecule has 3 rings (SSSR count). The van der Waals surface area contributed by atoms with Crippen LogP contribution >= 0.6 is 0 Å². The fourth-order valence-electron chi connectivity index (χ4n) is 16.0. The number of imide groups is 1. The summed E-state index contributed by atoms with van der Waals surface area (Å²) >= 11 is 0. The third-order valence-corrected chi connectivity index (χ3v) is 19.7. The molecule has 0 N–H and O–H groups in total. The van der Waals surface area contributed by atoms with Crippen molar-refractivity contribution in [1.29, 1.82) is 0 Å². The Morgan fingerprint density at radius 3 is 0.789 bits per heavy atom. The van der Waals surface area contributed by atoms with Gasteiger partial charge in [0.2, 0.25) is 11.8 Å². The van der Waals surface area contributed by atoms with E-state index in [1.165, 1.54) is 67.4 Å². The van der Waals surface area contributed by atoms with Gasteiger partial charge in [-0.2, -0.15) is 0 Å². The molecule has 3 aliphatic rings. The molecule has 2 saturated heterocycles. The first kappa shape index (κ1) is 77.8. The number of nitrogens with zero attached hydrogens (tertiary/aromatic N) is 1. The largest absolute Gasteiger partial charge is 0.469 e. The van der Waals surface area contributed by atoms with E-state index in [1.54, 1.807) is 27.7 Å². The minimum atomic E-state index is -1.93. The van der Waals surface area contributed by atoms with Crippen LogP contribution < -0.4 is 0 Å². The van der Waals surface area contributed by atoms with Gasteiger partial charge in [-0.15, -0.1) is 0 Å². The molecule has 24 heteroatoms. The molecule has 0 radical (unpaired) electrons. The summed E-state index contributed by atoms with van der Waals surface area (Å²) in [6.45, 7) is 18.7. The van der Waals surface area contributed by atoms with E-state index >= 15 is 0 Å². The van der Waals surface area contributed by atoms with Crippen molar-refractivity contribution in [2.45, 2.75) is 192 Å².